The number of amides is 1. The molecule has 2 atom stereocenters. The van der Waals surface area contributed by atoms with Gasteiger partial charge in [-0.05, 0) is 73.3 Å². The standard InChI is InChI=1S/C30H38BClFNO5/c1-27(2,3)37-26(35)34-16-12-11-15-23(34)30(19-13-9-8-10-14-19)18-20-22(36-30)17-21(33)25(32)24(20)31-38-28(4,5)29(6,7)39-31/h8-10,13-14,17,23H,11-12,15-16,18H2,1-7H3/t23-,30-/m0/s1. The highest BCUT2D eigenvalue weighted by Gasteiger charge is 2.57. The minimum Gasteiger partial charge on any atom is -0.480 e. The summed E-state index contributed by atoms with van der Waals surface area (Å²) in [6.45, 7) is 13.9. The van der Waals surface area contributed by atoms with Crippen molar-refractivity contribution in [2.24, 2.45) is 0 Å². The molecule has 2 aromatic carbocycles. The van der Waals surface area contributed by atoms with E-state index in [2.05, 4.69) is 0 Å². The summed E-state index contributed by atoms with van der Waals surface area (Å²) in [4.78, 5) is 15.3. The van der Waals surface area contributed by atoms with Crippen molar-refractivity contribution in [3.05, 3.63) is 58.4 Å². The van der Waals surface area contributed by atoms with Crippen LogP contribution in [0.2, 0.25) is 5.02 Å². The molecule has 9 heteroatoms. The lowest BCUT2D eigenvalue weighted by Gasteiger charge is -2.46. The van der Waals surface area contributed by atoms with E-state index in [0.717, 1.165) is 24.0 Å². The summed E-state index contributed by atoms with van der Waals surface area (Å²) in [6, 6.07) is 10.8. The number of nitrogens with zero attached hydrogens (tertiary/aromatic N) is 1. The third kappa shape index (κ3) is 4.93. The van der Waals surface area contributed by atoms with Crippen LogP contribution in [0.4, 0.5) is 9.18 Å². The predicted octanol–water partition coefficient (Wildman–Crippen LogP) is 6.40. The highest BCUT2D eigenvalue weighted by molar-refractivity contribution is 6.66. The molecule has 2 fully saturated rings. The molecule has 0 radical (unpaired) electrons. The first-order valence-electron chi connectivity index (χ1n) is 13.8. The third-order valence-electron chi connectivity index (χ3n) is 8.48. The molecule has 3 heterocycles. The maximum absolute atomic E-state index is 15.4. The Labute approximate surface area is 236 Å². The fourth-order valence-electron chi connectivity index (χ4n) is 5.85. The van der Waals surface area contributed by atoms with Gasteiger partial charge in [-0.25, -0.2) is 9.18 Å². The molecular formula is C30H38BClFNO5. The SMILES string of the molecule is CC(C)(C)OC(=O)N1CCCC[C@H]1[C@@]1(c2ccccc2)Cc2c(cc(F)c(Cl)c2B2OC(C)(C)C(C)(C)O2)O1. The van der Waals surface area contributed by atoms with Crippen molar-refractivity contribution >= 4 is 30.3 Å². The topological polar surface area (TPSA) is 57.2 Å². The number of hydrogen-bond donors (Lipinski definition) is 0. The lowest BCUT2D eigenvalue weighted by atomic mass is 9.71. The Hall–Kier alpha value is -2.29. The molecule has 210 valence electrons. The van der Waals surface area contributed by atoms with E-state index in [4.69, 9.17) is 30.4 Å². The number of carbonyl (C=O) groups excluding carboxylic acids is 1. The molecule has 39 heavy (non-hydrogen) atoms. The van der Waals surface area contributed by atoms with Gasteiger partial charge in [-0.3, -0.25) is 0 Å². The van der Waals surface area contributed by atoms with Crippen LogP contribution in [-0.2, 0) is 26.1 Å². The van der Waals surface area contributed by atoms with E-state index in [1.807, 2.05) is 78.8 Å². The molecule has 5 rings (SSSR count). The van der Waals surface area contributed by atoms with Gasteiger partial charge in [0.1, 0.15) is 17.2 Å². The van der Waals surface area contributed by atoms with E-state index in [1.165, 1.54) is 6.07 Å². The van der Waals surface area contributed by atoms with Gasteiger partial charge in [-0.15, -0.1) is 0 Å². The average Bonchev–Trinajstić information content (AvgIpc) is 3.33. The first-order chi connectivity index (χ1) is 18.2. The van der Waals surface area contributed by atoms with Crippen LogP contribution in [-0.4, -0.2) is 47.5 Å². The zero-order valence-corrected chi connectivity index (χ0v) is 24.7. The highest BCUT2D eigenvalue weighted by atomic mass is 35.5. The van der Waals surface area contributed by atoms with Crippen molar-refractivity contribution in [3.8, 4) is 5.75 Å². The van der Waals surface area contributed by atoms with Crippen molar-refractivity contribution in [1.82, 2.24) is 4.90 Å². The van der Waals surface area contributed by atoms with Crippen LogP contribution < -0.4 is 10.2 Å². The van der Waals surface area contributed by atoms with E-state index in [9.17, 15) is 4.79 Å². The second-order valence-corrected chi connectivity index (χ2v) is 13.2. The van der Waals surface area contributed by atoms with Gasteiger partial charge in [0, 0.05) is 30.1 Å². The first-order valence-corrected chi connectivity index (χ1v) is 14.1. The molecule has 3 aliphatic heterocycles. The van der Waals surface area contributed by atoms with Gasteiger partial charge in [-0.1, -0.05) is 41.9 Å². The number of fused-ring (bicyclic) bond motifs is 1. The summed E-state index contributed by atoms with van der Waals surface area (Å²) in [6.07, 6.45) is 2.50. The van der Waals surface area contributed by atoms with Crippen LogP contribution >= 0.6 is 11.6 Å². The van der Waals surface area contributed by atoms with Crippen LogP contribution in [0.5, 0.6) is 5.75 Å². The molecule has 0 spiro atoms. The van der Waals surface area contributed by atoms with Gasteiger partial charge in [-0.2, -0.15) is 0 Å². The van der Waals surface area contributed by atoms with Gasteiger partial charge < -0.3 is 23.7 Å². The van der Waals surface area contributed by atoms with Crippen molar-refractivity contribution in [2.75, 3.05) is 6.54 Å². The third-order valence-corrected chi connectivity index (χ3v) is 8.86. The van der Waals surface area contributed by atoms with E-state index in [0.29, 0.717) is 30.6 Å². The lowest BCUT2D eigenvalue weighted by molar-refractivity contribution is -0.0478. The van der Waals surface area contributed by atoms with Crippen molar-refractivity contribution in [1.29, 1.82) is 0 Å². The van der Waals surface area contributed by atoms with Crippen molar-refractivity contribution in [3.63, 3.8) is 0 Å². The van der Waals surface area contributed by atoms with Gasteiger partial charge in [0.2, 0.25) is 0 Å². The summed E-state index contributed by atoms with van der Waals surface area (Å²) in [5.74, 6) is -0.211. The van der Waals surface area contributed by atoms with Crippen LogP contribution in [0.15, 0.2) is 36.4 Å². The van der Waals surface area contributed by atoms with Crippen LogP contribution in [0.25, 0.3) is 0 Å². The van der Waals surface area contributed by atoms with Crippen LogP contribution in [0, 0.1) is 5.82 Å². The molecule has 6 nitrogen and oxygen atoms in total. The first kappa shape index (κ1) is 28.3. The number of hydrogen-bond acceptors (Lipinski definition) is 5. The summed E-state index contributed by atoms with van der Waals surface area (Å²) in [7, 11) is -0.865. The second kappa shape index (κ2) is 9.67. The van der Waals surface area contributed by atoms with Crippen molar-refractivity contribution < 1.29 is 28.0 Å². The largest absolute Gasteiger partial charge is 0.496 e. The second-order valence-electron chi connectivity index (χ2n) is 12.9. The molecule has 0 aliphatic carbocycles. The minimum absolute atomic E-state index is 0.0349. The molecule has 0 unspecified atom stereocenters. The molecule has 2 aromatic rings. The average molecular weight is 558 g/mol. The Kier molecular flexibility index (Phi) is 7.00. The Morgan fingerprint density at radius 1 is 1.10 bits per heavy atom. The van der Waals surface area contributed by atoms with Crippen LogP contribution in [0.3, 0.4) is 0 Å². The number of ether oxygens (including phenoxy) is 2. The van der Waals surface area contributed by atoms with Gasteiger partial charge in [0.15, 0.2) is 5.60 Å². The van der Waals surface area contributed by atoms with Gasteiger partial charge >= 0.3 is 13.2 Å². The number of benzene rings is 2. The quantitative estimate of drug-likeness (QED) is 0.409. The zero-order chi connectivity index (χ0) is 28.4. The van der Waals surface area contributed by atoms with Gasteiger partial charge in [0.25, 0.3) is 0 Å². The number of carbonyl (C=O) groups is 1. The van der Waals surface area contributed by atoms with E-state index in [1.54, 1.807) is 4.90 Å². The number of halogens is 2. The number of rotatable bonds is 3. The summed E-state index contributed by atoms with van der Waals surface area (Å²) in [5, 5.41) is -0.0349. The summed E-state index contributed by atoms with van der Waals surface area (Å²) in [5.41, 5.74) is -0.797. The normalized spacial score (nSPS) is 25.8. The minimum atomic E-state index is -0.976. The summed E-state index contributed by atoms with van der Waals surface area (Å²) >= 11 is 6.64. The monoisotopic (exact) mass is 557 g/mol. The maximum Gasteiger partial charge on any atom is 0.496 e. The maximum atomic E-state index is 15.4. The van der Waals surface area contributed by atoms with Gasteiger partial charge in [0.05, 0.1) is 22.3 Å². The van der Waals surface area contributed by atoms with E-state index < -0.39 is 35.3 Å². The molecule has 0 aromatic heterocycles. The fraction of sp³-hybridized carbons (Fsp3) is 0.567. The predicted molar refractivity (Wildman–Crippen MR) is 150 cm³/mol. The van der Waals surface area contributed by atoms with Crippen molar-refractivity contribution in [2.45, 2.75) is 103 Å². The van der Waals surface area contributed by atoms with E-state index >= 15 is 4.39 Å². The summed E-state index contributed by atoms with van der Waals surface area (Å²) < 4.78 is 40.7. The Morgan fingerprint density at radius 3 is 2.36 bits per heavy atom. The molecule has 1 amide bonds. The lowest BCUT2D eigenvalue weighted by Crippen LogP contribution is -2.58. The molecule has 0 bridgehead atoms. The highest BCUT2D eigenvalue weighted by Crippen LogP contribution is 2.49. The van der Waals surface area contributed by atoms with Crippen LogP contribution in [0.1, 0.15) is 78.9 Å². The number of likely N-dealkylation sites (tertiary alicyclic amines) is 1. The Morgan fingerprint density at radius 2 is 1.74 bits per heavy atom. The molecule has 3 aliphatic rings. The smallest absolute Gasteiger partial charge is 0.480 e. The fourth-order valence-corrected chi connectivity index (χ4v) is 6.11. The Balaban J connectivity index is 1.63. The molecule has 0 N–H and O–H groups in total. The Bertz CT molecular complexity index is 1250. The molecule has 0 saturated carbocycles. The number of piperidine rings is 1. The van der Waals surface area contributed by atoms with E-state index in [-0.39, 0.29) is 17.2 Å². The zero-order valence-electron chi connectivity index (χ0n) is 23.9. The molecule has 2 saturated heterocycles. The molecular weight excluding hydrogens is 520 g/mol.